The molecule has 1 aromatic heterocycles. The van der Waals surface area contributed by atoms with Crippen molar-refractivity contribution in [2.45, 2.75) is 46.7 Å². The first-order chi connectivity index (χ1) is 7.67. The summed E-state index contributed by atoms with van der Waals surface area (Å²) in [6.07, 6.45) is 0. The van der Waals surface area contributed by atoms with E-state index in [9.17, 15) is 9.90 Å². The molecule has 0 unspecified atom stereocenters. The molecule has 0 bridgehead atoms. The number of carboxylic acids is 1. The lowest BCUT2D eigenvalue weighted by atomic mass is 9.74. The second kappa shape index (κ2) is 4.49. The Hall–Kier alpha value is -1.36. The lowest BCUT2D eigenvalue weighted by Gasteiger charge is -2.38. The van der Waals surface area contributed by atoms with Gasteiger partial charge < -0.3 is 14.9 Å². The van der Waals surface area contributed by atoms with Crippen LogP contribution in [0.4, 0.5) is 0 Å². The summed E-state index contributed by atoms with van der Waals surface area (Å²) in [5.41, 5.74) is -0.644. The summed E-state index contributed by atoms with van der Waals surface area (Å²) in [6.45, 7) is 9.46. The maximum atomic E-state index is 11.2. The zero-order valence-electron chi connectivity index (χ0n) is 11.0. The third-order valence-electron chi connectivity index (χ3n) is 3.49. The number of hydrogen-bond donors (Lipinski definition) is 2. The number of aryl methyl sites for hydroxylation is 1. The summed E-state index contributed by atoms with van der Waals surface area (Å²) in [6, 6.07) is 1.83. The summed E-state index contributed by atoms with van der Waals surface area (Å²) in [5.74, 6) is -0.0802. The van der Waals surface area contributed by atoms with Gasteiger partial charge in [0.15, 0.2) is 0 Å². The van der Waals surface area contributed by atoms with Gasteiger partial charge >= 0.3 is 5.97 Å². The molecule has 0 fully saturated rings. The fourth-order valence-electron chi connectivity index (χ4n) is 1.30. The van der Waals surface area contributed by atoms with Gasteiger partial charge in [-0.3, -0.25) is 4.79 Å². The van der Waals surface area contributed by atoms with E-state index in [4.69, 9.17) is 4.52 Å². The Morgan fingerprint density at radius 3 is 2.47 bits per heavy atom. The predicted octanol–water partition coefficient (Wildman–Crippen LogP) is 1.96. The second-order valence-electron chi connectivity index (χ2n) is 5.34. The lowest BCUT2D eigenvalue weighted by Crippen LogP contribution is -2.54. The van der Waals surface area contributed by atoms with Crippen molar-refractivity contribution in [1.29, 1.82) is 0 Å². The number of rotatable bonds is 5. The number of aliphatic carboxylic acids is 1. The molecular weight excluding hydrogens is 220 g/mol. The first kappa shape index (κ1) is 13.7. The van der Waals surface area contributed by atoms with Crippen molar-refractivity contribution < 1.29 is 14.4 Å². The van der Waals surface area contributed by atoms with Crippen molar-refractivity contribution in [3.05, 3.63) is 17.5 Å². The lowest BCUT2D eigenvalue weighted by molar-refractivity contribution is -0.151. The van der Waals surface area contributed by atoms with E-state index in [0.717, 1.165) is 11.5 Å². The van der Waals surface area contributed by atoms with Gasteiger partial charge in [-0.1, -0.05) is 5.16 Å². The van der Waals surface area contributed by atoms with Crippen LogP contribution in [0.1, 0.15) is 39.1 Å². The zero-order chi connectivity index (χ0) is 13.3. The highest BCUT2D eigenvalue weighted by Gasteiger charge is 2.43. The largest absolute Gasteiger partial charge is 0.481 e. The van der Waals surface area contributed by atoms with Crippen molar-refractivity contribution in [2.75, 3.05) is 0 Å². The van der Waals surface area contributed by atoms with Crippen LogP contribution in [-0.4, -0.2) is 21.8 Å². The van der Waals surface area contributed by atoms with Gasteiger partial charge in [0.25, 0.3) is 0 Å². The van der Waals surface area contributed by atoms with Crippen molar-refractivity contribution >= 4 is 5.97 Å². The summed E-state index contributed by atoms with van der Waals surface area (Å²) < 4.78 is 4.96. The number of hydrogen-bond acceptors (Lipinski definition) is 4. The molecule has 0 amide bonds. The highest BCUT2D eigenvalue weighted by Crippen LogP contribution is 2.30. The van der Waals surface area contributed by atoms with E-state index >= 15 is 0 Å². The van der Waals surface area contributed by atoms with Crippen molar-refractivity contribution in [3.8, 4) is 0 Å². The Kier molecular flexibility index (Phi) is 3.62. The number of carbonyl (C=O) groups is 1. The first-order valence-electron chi connectivity index (χ1n) is 5.57. The minimum atomic E-state index is -0.869. The molecule has 5 nitrogen and oxygen atoms in total. The molecule has 0 aliphatic heterocycles. The van der Waals surface area contributed by atoms with E-state index in [2.05, 4.69) is 10.5 Å². The van der Waals surface area contributed by atoms with Crippen LogP contribution in [0.15, 0.2) is 10.6 Å². The molecule has 17 heavy (non-hydrogen) atoms. The van der Waals surface area contributed by atoms with Crippen LogP contribution in [0.5, 0.6) is 0 Å². The van der Waals surface area contributed by atoms with E-state index in [0.29, 0.717) is 6.54 Å². The highest BCUT2D eigenvalue weighted by molar-refractivity contribution is 5.75. The molecule has 5 heteroatoms. The van der Waals surface area contributed by atoms with Crippen molar-refractivity contribution in [1.82, 2.24) is 10.5 Å². The van der Waals surface area contributed by atoms with Crippen LogP contribution < -0.4 is 5.32 Å². The Labute approximate surface area is 101 Å². The maximum absolute atomic E-state index is 11.2. The summed E-state index contributed by atoms with van der Waals surface area (Å²) >= 11 is 0. The molecule has 0 aliphatic carbocycles. The first-order valence-corrected chi connectivity index (χ1v) is 5.57. The minimum Gasteiger partial charge on any atom is -0.481 e. The van der Waals surface area contributed by atoms with Gasteiger partial charge in [-0.15, -0.1) is 0 Å². The summed E-state index contributed by atoms with van der Waals surface area (Å²) in [5, 5.41) is 16.3. The Balaban J connectivity index is 2.70. The fourth-order valence-corrected chi connectivity index (χ4v) is 1.30. The van der Waals surface area contributed by atoms with Crippen LogP contribution in [0, 0.1) is 12.3 Å². The number of carboxylic acid groups (broad SMARTS) is 1. The monoisotopic (exact) mass is 240 g/mol. The molecule has 0 aromatic carbocycles. The molecular formula is C12H20N2O3. The average molecular weight is 240 g/mol. The quantitative estimate of drug-likeness (QED) is 0.822. The molecule has 0 saturated heterocycles. The van der Waals surface area contributed by atoms with Crippen molar-refractivity contribution in [2.24, 2.45) is 5.41 Å². The highest BCUT2D eigenvalue weighted by atomic mass is 16.5. The molecule has 0 radical (unpaired) electrons. The topological polar surface area (TPSA) is 75.4 Å². The number of aromatic nitrogens is 1. The Morgan fingerprint density at radius 1 is 1.47 bits per heavy atom. The van der Waals surface area contributed by atoms with E-state index in [1.54, 1.807) is 13.8 Å². The van der Waals surface area contributed by atoms with Gasteiger partial charge in [0, 0.05) is 18.2 Å². The zero-order valence-corrected chi connectivity index (χ0v) is 11.0. The van der Waals surface area contributed by atoms with Crippen LogP contribution in [0.3, 0.4) is 0 Å². The smallest absolute Gasteiger partial charge is 0.310 e. The van der Waals surface area contributed by atoms with Gasteiger partial charge in [-0.25, -0.2) is 0 Å². The molecule has 0 saturated carbocycles. The molecule has 96 valence electrons. The second-order valence-corrected chi connectivity index (χ2v) is 5.34. The minimum absolute atomic E-state index is 0.487. The van der Waals surface area contributed by atoms with E-state index in [1.165, 1.54) is 0 Å². The van der Waals surface area contributed by atoms with Crippen LogP contribution in [-0.2, 0) is 11.3 Å². The molecule has 0 aliphatic rings. The fraction of sp³-hybridized carbons (Fsp3) is 0.667. The molecule has 1 rings (SSSR count). The van der Waals surface area contributed by atoms with Gasteiger partial charge in [-0.05, 0) is 34.6 Å². The van der Waals surface area contributed by atoms with E-state index in [-0.39, 0.29) is 0 Å². The normalized spacial score (nSPS) is 12.8. The summed E-state index contributed by atoms with van der Waals surface area (Å²) in [4.78, 5) is 11.2. The number of nitrogens with one attached hydrogen (secondary N) is 1. The molecule has 1 aromatic rings. The number of nitrogens with zero attached hydrogens (tertiary/aromatic N) is 1. The van der Waals surface area contributed by atoms with Crippen LogP contribution in [0.25, 0.3) is 0 Å². The average Bonchev–Trinajstić information content (AvgIpc) is 2.61. The SMILES string of the molecule is Cc1cc(CNC(C)(C)C(C)(C)C(=O)O)no1. The molecule has 0 atom stereocenters. The predicted molar refractivity (Wildman–Crippen MR) is 63.6 cm³/mol. The van der Waals surface area contributed by atoms with Gasteiger partial charge in [0.05, 0.1) is 11.1 Å². The van der Waals surface area contributed by atoms with E-state index in [1.807, 2.05) is 26.8 Å². The maximum Gasteiger partial charge on any atom is 0.310 e. The Bertz CT molecular complexity index is 408. The molecule has 0 spiro atoms. The van der Waals surface area contributed by atoms with Crippen LogP contribution >= 0.6 is 0 Å². The summed E-state index contributed by atoms with van der Waals surface area (Å²) in [7, 11) is 0. The van der Waals surface area contributed by atoms with Crippen LogP contribution in [0.2, 0.25) is 0 Å². The van der Waals surface area contributed by atoms with Crippen molar-refractivity contribution in [3.63, 3.8) is 0 Å². The van der Waals surface area contributed by atoms with E-state index < -0.39 is 16.9 Å². The molecule has 2 N–H and O–H groups in total. The third-order valence-corrected chi connectivity index (χ3v) is 3.49. The van der Waals surface area contributed by atoms with Gasteiger partial charge in [0.1, 0.15) is 5.76 Å². The van der Waals surface area contributed by atoms with Gasteiger partial charge in [0.2, 0.25) is 0 Å². The standard InChI is InChI=1S/C12H20N2O3/c1-8-6-9(14-17-8)7-13-12(4,5)11(2,3)10(15)16/h6,13H,7H2,1-5H3,(H,15,16). The van der Waals surface area contributed by atoms with Gasteiger partial charge in [-0.2, -0.15) is 0 Å². The Morgan fingerprint density at radius 2 is 2.06 bits per heavy atom. The third kappa shape index (κ3) is 2.85. The molecule has 1 heterocycles.